The van der Waals surface area contributed by atoms with Crippen LogP contribution in [0.5, 0.6) is 0 Å². The van der Waals surface area contributed by atoms with Gasteiger partial charge in [0.15, 0.2) is 0 Å². The Labute approximate surface area is 94.1 Å². The fourth-order valence-corrected chi connectivity index (χ4v) is 1.36. The quantitative estimate of drug-likeness (QED) is 0.731. The number of hydrogen-bond acceptors (Lipinski definition) is 2. The molecule has 0 amide bonds. The zero-order valence-electron chi connectivity index (χ0n) is 8.25. The average molecular weight is 223 g/mol. The molecule has 0 saturated heterocycles. The summed E-state index contributed by atoms with van der Waals surface area (Å²) in [7, 11) is 1.87. The van der Waals surface area contributed by atoms with Crippen molar-refractivity contribution in [2.75, 3.05) is 0 Å². The van der Waals surface area contributed by atoms with E-state index in [0.29, 0.717) is 5.56 Å². The first kappa shape index (κ1) is 11.5. The first-order valence-corrected chi connectivity index (χ1v) is 4.34. The molecule has 0 atom stereocenters. The van der Waals surface area contributed by atoms with Crippen LogP contribution in [0.1, 0.15) is 10.4 Å². The second-order valence-electron chi connectivity index (χ2n) is 3.15. The maximum Gasteiger partial charge on any atom is 0.150 e. The highest BCUT2D eigenvalue weighted by Gasteiger charge is 2.00. The van der Waals surface area contributed by atoms with E-state index in [9.17, 15) is 4.79 Å². The second-order valence-corrected chi connectivity index (χ2v) is 3.15. The lowest BCUT2D eigenvalue weighted by atomic mass is 10.1. The van der Waals surface area contributed by atoms with Crippen molar-refractivity contribution in [3.63, 3.8) is 0 Å². The molecule has 0 N–H and O–H groups in total. The highest BCUT2D eigenvalue weighted by Crippen LogP contribution is 2.18. The van der Waals surface area contributed by atoms with Gasteiger partial charge in [-0.15, -0.1) is 12.4 Å². The number of aromatic nitrogens is 2. The number of halogens is 1. The van der Waals surface area contributed by atoms with Crippen LogP contribution in [-0.4, -0.2) is 16.1 Å². The minimum absolute atomic E-state index is 0. The summed E-state index contributed by atoms with van der Waals surface area (Å²) in [6, 6.07) is 7.47. The third-order valence-electron chi connectivity index (χ3n) is 2.06. The summed E-state index contributed by atoms with van der Waals surface area (Å²) in [5.41, 5.74) is 2.73. The minimum atomic E-state index is 0. The van der Waals surface area contributed by atoms with Crippen LogP contribution in [0, 0.1) is 0 Å². The smallest absolute Gasteiger partial charge is 0.150 e. The largest absolute Gasteiger partial charge is 0.298 e. The van der Waals surface area contributed by atoms with E-state index in [0.717, 1.165) is 17.4 Å². The molecule has 0 aliphatic heterocycles. The van der Waals surface area contributed by atoms with Crippen molar-refractivity contribution in [1.82, 2.24) is 9.78 Å². The highest BCUT2D eigenvalue weighted by molar-refractivity contribution is 5.85. The summed E-state index contributed by atoms with van der Waals surface area (Å²) in [6.45, 7) is 0. The molecule has 1 heterocycles. The molecular formula is C11H11ClN2O. The highest BCUT2D eigenvalue weighted by atomic mass is 35.5. The van der Waals surface area contributed by atoms with Crippen molar-refractivity contribution in [2.45, 2.75) is 0 Å². The van der Waals surface area contributed by atoms with Gasteiger partial charge in [-0.1, -0.05) is 18.2 Å². The molecule has 1 aromatic carbocycles. The van der Waals surface area contributed by atoms with E-state index in [1.807, 2.05) is 31.4 Å². The predicted molar refractivity (Wildman–Crippen MR) is 61.3 cm³/mol. The Morgan fingerprint density at radius 3 is 2.73 bits per heavy atom. The van der Waals surface area contributed by atoms with Crippen molar-refractivity contribution >= 4 is 18.7 Å². The fraction of sp³-hybridized carbons (Fsp3) is 0.0909. The number of carbonyl (C=O) groups excluding carboxylic acids is 1. The molecule has 0 saturated carbocycles. The van der Waals surface area contributed by atoms with Gasteiger partial charge in [-0.3, -0.25) is 9.48 Å². The number of aryl methyl sites for hydroxylation is 1. The topological polar surface area (TPSA) is 34.9 Å². The van der Waals surface area contributed by atoms with Crippen molar-refractivity contribution < 1.29 is 4.79 Å². The number of aldehydes is 1. The zero-order chi connectivity index (χ0) is 9.97. The number of hydrogen-bond donors (Lipinski definition) is 0. The minimum Gasteiger partial charge on any atom is -0.298 e. The Morgan fingerprint density at radius 1 is 1.33 bits per heavy atom. The van der Waals surface area contributed by atoms with Gasteiger partial charge in [-0.25, -0.2) is 0 Å². The van der Waals surface area contributed by atoms with Gasteiger partial charge in [-0.2, -0.15) is 5.10 Å². The van der Waals surface area contributed by atoms with Gasteiger partial charge in [-0.05, 0) is 11.6 Å². The number of carbonyl (C=O) groups is 1. The molecule has 0 radical (unpaired) electrons. The summed E-state index contributed by atoms with van der Waals surface area (Å²) in [5, 5.41) is 4.08. The zero-order valence-corrected chi connectivity index (χ0v) is 9.07. The molecule has 0 aliphatic carbocycles. The molecule has 0 aliphatic rings. The lowest BCUT2D eigenvalue weighted by Gasteiger charge is -1.96. The van der Waals surface area contributed by atoms with Crippen LogP contribution >= 0.6 is 12.4 Å². The molecule has 0 spiro atoms. The molecule has 2 rings (SSSR count). The average Bonchev–Trinajstić information content (AvgIpc) is 2.65. The van der Waals surface area contributed by atoms with E-state index in [1.165, 1.54) is 0 Å². The molecule has 3 nitrogen and oxygen atoms in total. The van der Waals surface area contributed by atoms with Gasteiger partial charge in [0.25, 0.3) is 0 Å². The Morgan fingerprint density at radius 2 is 2.13 bits per heavy atom. The van der Waals surface area contributed by atoms with E-state index in [2.05, 4.69) is 5.10 Å². The van der Waals surface area contributed by atoms with Crippen LogP contribution in [0.15, 0.2) is 36.7 Å². The van der Waals surface area contributed by atoms with Gasteiger partial charge < -0.3 is 0 Å². The monoisotopic (exact) mass is 222 g/mol. The van der Waals surface area contributed by atoms with Crippen LogP contribution in [-0.2, 0) is 7.05 Å². The maximum atomic E-state index is 10.6. The summed E-state index contributed by atoms with van der Waals surface area (Å²) >= 11 is 0. The van der Waals surface area contributed by atoms with Crippen LogP contribution in [0.4, 0.5) is 0 Å². The normalized spacial score (nSPS) is 9.40. The Kier molecular flexibility index (Phi) is 3.63. The van der Waals surface area contributed by atoms with Crippen LogP contribution in [0.25, 0.3) is 11.1 Å². The molecule has 4 heteroatoms. The SMILES string of the molecule is Cl.Cn1cc(-c2cccc(C=O)c2)cn1. The third-order valence-corrected chi connectivity index (χ3v) is 2.06. The van der Waals surface area contributed by atoms with Crippen LogP contribution in [0.3, 0.4) is 0 Å². The van der Waals surface area contributed by atoms with E-state index in [1.54, 1.807) is 16.9 Å². The molecule has 2 aromatic rings. The molecule has 0 bridgehead atoms. The standard InChI is InChI=1S/C11H10N2O.ClH/c1-13-7-11(6-12-13)10-4-2-3-9(5-10)8-14;/h2-8H,1H3;1H. The van der Waals surface area contributed by atoms with E-state index in [-0.39, 0.29) is 12.4 Å². The first-order valence-electron chi connectivity index (χ1n) is 4.34. The molecular weight excluding hydrogens is 212 g/mol. The Bertz CT molecular complexity index is 465. The van der Waals surface area contributed by atoms with Crippen LogP contribution in [0.2, 0.25) is 0 Å². The molecule has 1 aromatic heterocycles. The summed E-state index contributed by atoms with van der Waals surface area (Å²) in [6.07, 6.45) is 4.55. The molecule has 0 unspecified atom stereocenters. The molecule has 15 heavy (non-hydrogen) atoms. The Balaban J connectivity index is 0.00000112. The third kappa shape index (κ3) is 2.44. The van der Waals surface area contributed by atoms with Crippen molar-refractivity contribution in [1.29, 1.82) is 0 Å². The summed E-state index contributed by atoms with van der Waals surface area (Å²) in [5.74, 6) is 0. The van der Waals surface area contributed by atoms with Gasteiger partial charge in [0, 0.05) is 24.4 Å². The van der Waals surface area contributed by atoms with Gasteiger partial charge in [0.1, 0.15) is 6.29 Å². The van der Waals surface area contributed by atoms with Gasteiger partial charge >= 0.3 is 0 Å². The van der Waals surface area contributed by atoms with Gasteiger partial charge in [0.05, 0.1) is 6.20 Å². The van der Waals surface area contributed by atoms with E-state index >= 15 is 0 Å². The van der Waals surface area contributed by atoms with Crippen molar-refractivity contribution in [2.24, 2.45) is 7.05 Å². The van der Waals surface area contributed by atoms with Crippen molar-refractivity contribution in [3.8, 4) is 11.1 Å². The molecule has 0 fully saturated rings. The first-order chi connectivity index (χ1) is 6.79. The van der Waals surface area contributed by atoms with E-state index < -0.39 is 0 Å². The number of rotatable bonds is 2. The number of benzene rings is 1. The number of nitrogens with zero attached hydrogens (tertiary/aromatic N) is 2. The van der Waals surface area contributed by atoms with Gasteiger partial charge in [0.2, 0.25) is 0 Å². The van der Waals surface area contributed by atoms with E-state index in [4.69, 9.17) is 0 Å². The van der Waals surface area contributed by atoms with Crippen LogP contribution < -0.4 is 0 Å². The fourth-order valence-electron chi connectivity index (χ4n) is 1.36. The lowest BCUT2D eigenvalue weighted by Crippen LogP contribution is -1.84. The predicted octanol–water partition coefficient (Wildman–Crippen LogP) is 2.32. The summed E-state index contributed by atoms with van der Waals surface area (Å²) in [4.78, 5) is 10.6. The maximum absolute atomic E-state index is 10.6. The molecule has 78 valence electrons. The lowest BCUT2D eigenvalue weighted by molar-refractivity contribution is 0.112. The Hall–Kier alpha value is -1.61. The summed E-state index contributed by atoms with van der Waals surface area (Å²) < 4.78 is 1.74. The second kappa shape index (κ2) is 4.75. The van der Waals surface area contributed by atoms with Crippen molar-refractivity contribution in [3.05, 3.63) is 42.2 Å².